The minimum Gasteiger partial charge on any atom is -0.493 e. The first kappa shape index (κ1) is 17.9. The van der Waals surface area contributed by atoms with Crippen molar-refractivity contribution < 1.29 is 14.3 Å². The van der Waals surface area contributed by atoms with Gasteiger partial charge in [0.1, 0.15) is 17.6 Å². The molecule has 1 aliphatic heterocycles. The van der Waals surface area contributed by atoms with E-state index in [1.165, 1.54) is 0 Å². The summed E-state index contributed by atoms with van der Waals surface area (Å²) in [4.78, 5) is 30.0. The lowest BCUT2D eigenvalue weighted by Gasteiger charge is -2.35. The summed E-state index contributed by atoms with van der Waals surface area (Å²) in [5.41, 5.74) is 5.63. The topological polar surface area (TPSA) is 102 Å². The SMILES string of the molecule is Cn1ccnc1C1CNCCN1C(=O)CCOc1ccc(C(N)=O)cc1. The molecule has 0 saturated carbocycles. The number of hydrogen-bond acceptors (Lipinski definition) is 5. The summed E-state index contributed by atoms with van der Waals surface area (Å²) in [6.07, 6.45) is 3.90. The molecule has 0 bridgehead atoms. The maximum atomic E-state index is 12.7. The highest BCUT2D eigenvalue weighted by Gasteiger charge is 2.30. The van der Waals surface area contributed by atoms with Crippen molar-refractivity contribution in [2.75, 3.05) is 26.2 Å². The fourth-order valence-electron chi connectivity index (χ4n) is 3.05. The van der Waals surface area contributed by atoms with E-state index in [-0.39, 0.29) is 25.0 Å². The quantitative estimate of drug-likeness (QED) is 0.782. The Labute approximate surface area is 151 Å². The standard InChI is InChI=1S/C18H23N5O3/c1-22-9-8-21-18(22)15-12-20-7-10-23(15)16(24)6-11-26-14-4-2-13(3-5-14)17(19)25/h2-5,8-9,15,20H,6-7,10-12H2,1H3,(H2,19,25). The van der Waals surface area contributed by atoms with Crippen LogP contribution >= 0.6 is 0 Å². The van der Waals surface area contributed by atoms with Crippen LogP contribution in [-0.2, 0) is 11.8 Å². The van der Waals surface area contributed by atoms with Gasteiger partial charge in [-0.25, -0.2) is 4.98 Å². The van der Waals surface area contributed by atoms with E-state index in [1.807, 2.05) is 22.7 Å². The molecule has 1 aliphatic rings. The minimum absolute atomic E-state index is 0.0354. The van der Waals surface area contributed by atoms with Gasteiger partial charge in [0.2, 0.25) is 11.8 Å². The minimum atomic E-state index is -0.481. The van der Waals surface area contributed by atoms with Crippen LogP contribution in [0, 0.1) is 0 Å². The number of nitrogens with zero attached hydrogens (tertiary/aromatic N) is 3. The second-order valence-electron chi connectivity index (χ2n) is 6.19. The molecule has 3 rings (SSSR count). The second kappa shape index (κ2) is 8.01. The first-order chi connectivity index (χ1) is 12.6. The zero-order valence-corrected chi connectivity index (χ0v) is 14.7. The third-order valence-electron chi connectivity index (χ3n) is 4.44. The third-order valence-corrected chi connectivity index (χ3v) is 4.44. The molecule has 1 fully saturated rings. The van der Waals surface area contributed by atoms with Crippen molar-refractivity contribution in [3.8, 4) is 5.75 Å². The van der Waals surface area contributed by atoms with Gasteiger partial charge in [0.05, 0.1) is 13.0 Å². The lowest BCUT2D eigenvalue weighted by Crippen LogP contribution is -2.49. The van der Waals surface area contributed by atoms with Crippen LogP contribution in [0.5, 0.6) is 5.75 Å². The number of hydrogen-bond donors (Lipinski definition) is 2. The van der Waals surface area contributed by atoms with E-state index in [2.05, 4.69) is 10.3 Å². The van der Waals surface area contributed by atoms with Crippen LogP contribution in [-0.4, -0.2) is 52.5 Å². The molecule has 0 spiro atoms. The van der Waals surface area contributed by atoms with Crippen LogP contribution in [0.3, 0.4) is 0 Å². The Hall–Kier alpha value is -2.87. The highest BCUT2D eigenvalue weighted by Crippen LogP contribution is 2.21. The number of nitrogens with one attached hydrogen (secondary N) is 1. The van der Waals surface area contributed by atoms with Crippen LogP contribution in [0.15, 0.2) is 36.7 Å². The average Bonchev–Trinajstić information content (AvgIpc) is 3.08. The summed E-state index contributed by atoms with van der Waals surface area (Å²) in [7, 11) is 1.93. The van der Waals surface area contributed by atoms with Gasteiger partial charge >= 0.3 is 0 Å². The molecule has 138 valence electrons. The molecule has 2 heterocycles. The molecule has 1 saturated heterocycles. The Morgan fingerprint density at radius 1 is 1.35 bits per heavy atom. The van der Waals surface area contributed by atoms with Gasteiger partial charge in [-0.1, -0.05) is 0 Å². The van der Waals surface area contributed by atoms with E-state index >= 15 is 0 Å². The molecule has 2 aromatic rings. The molecule has 0 aliphatic carbocycles. The van der Waals surface area contributed by atoms with Crippen LogP contribution in [0.25, 0.3) is 0 Å². The van der Waals surface area contributed by atoms with E-state index < -0.39 is 5.91 Å². The molecule has 8 nitrogen and oxygen atoms in total. The van der Waals surface area contributed by atoms with Crippen LogP contribution in [0.4, 0.5) is 0 Å². The monoisotopic (exact) mass is 357 g/mol. The van der Waals surface area contributed by atoms with Gasteiger partial charge in [0.25, 0.3) is 0 Å². The number of benzene rings is 1. The Kier molecular flexibility index (Phi) is 5.52. The molecular weight excluding hydrogens is 334 g/mol. The number of nitrogens with two attached hydrogens (primary N) is 1. The van der Waals surface area contributed by atoms with E-state index in [9.17, 15) is 9.59 Å². The third kappa shape index (κ3) is 4.02. The highest BCUT2D eigenvalue weighted by atomic mass is 16.5. The molecule has 8 heteroatoms. The normalized spacial score (nSPS) is 17.1. The molecule has 1 aromatic heterocycles. The van der Waals surface area contributed by atoms with Crippen molar-refractivity contribution in [2.45, 2.75) is 12.5 Å². The van der Waals surface area contributed by atoms with E-state index in [0.29, 0.717) is 24.4 Å². The van der Waals surface area contributed by atoms with Gasteiger partial charge in [-0.05, 0) is 24.3 Å². The Balaban J connectivity index is 1.56. The van der Waals surface area contributed by atoms with Gasteiger partial charge in [-0.15, -0.1) is 0 Å². The number of ether oxygens (including phenoxy) is 1. The van der Waals surface area contributed by atoms with E-state index in [4.69, 9.17) is 10.5 Å². The Bertz CT molecular complexity index is 771. The number of primary amides is 1. The van der Waals surface area contributed by atoms with Gasteiger partial charge in [-0.2, -0.15) is 0 Å². The van der Waals surface area contributed by atoms with Crippen LogP contribution in [0.1, 0.15) is 28.6 Å². The number of carbonyl (C=O) groups is 2. The molecule has 26 heavy (non-hydrogen) atoms. The predicted octanol–water partition coefficient (Wildman–Crippen LogP) is 0.461. The molecule has 3 N–H and O–H groups in total. The summed E-state index contributed by atoms with van der Waals surface area (Å²) in [6, 6.07) is 6.48. The molecule has 1 unspecified atom stereocenters. The molecule has 2 amide bonds. The van der Waals surface area contributed by atoms with Crippen molar-refractivity contribution in [1.29, 1.82) is 0 Å². The Morgan fingerprint density at radius 3 is 2.77 bits per heavy atom. The number of aromatic nitrogens is 2. The number of imidazole rings is 1. The first-order valence-corrected chi connectivity index (χ1v) is 8.56. The van der Waals surface area contributed by atoms with Crippen molar-refractivity contribution in [3.05, 3.63) is 48.0 Å². The van der Waals surface area contributed by atoms with Crippen molar-refractivity contribution in [1.82, 2.24) is 19.8 Å². The predicted molar refractivity (Wildman–Crippen MR) is 95.6 cm³/mol. The number of carbonyl (C=O) groups excluding carboxylic acids is 2. The number of piperazine rings is 1. The lowest BCUT2D eigenvalue weighted by molar-refractivity contribution is -0.135. The van der Waals surface area contributed by atoms with Crippen LogP contribution < -0.4 is 15.8 Å². The van der Waals surface area contributed by atoms with Gasteiger partial charge in [-0.3, -0.25) is 9.59 Å². The fraction of sp³-hybridized carbons (Fsp3) is 0.389. The molecular formula is C18H23N5O3. The van der Waals surface area contributed by atoms with Crippen molar-refractivity contribution in [2.24, 2.45) is 12.8 Å². The Morgan fingerprint density at radius 2 is 2.12 bits per heavy atom. The summed E-state index contributed by atoms with van der Waals surface area (Å²) in [5.74, 6) is 1.02. The number of aryl methyl sites for hydroxylation is 1. The van der Waals surface area contributed by atoms with E-state index in [0.717, 1.165) is 12.4 Å². The van der Waals surface area contributed by atoms with Gasteiger partial charge < -0.3 is 25.3 Å². The molecule has 1 atom stereocenters. The van der Waals surface area contributed by atoms with Gasteiger partial charge in [0.15, 0.2) is 0 Å². The maximum Gasteiger partial charge on any atom is 0.248 e. The summed E-state index contributed by atoms with van der Waals surface area (Å²) in [6.45, 7) is 2.36. The zero-order valence-electron chi connectivity index (χ0n) is 14.7. The second-order valence-corrected chi connectivity index (χ2v) is 6.19. The summed E-state index contributed by atoms with van der Waals surface area (Å²) < 4.78 is 7.56. The summed E-state index contributed by atoms with van der Waals surface area (Å²) >= 11 is 0. The number of rotatable bonds is 6. The highest BCUT2D eigenvalue weighted by molar-refractivity contribution is 5.92. The molecule has 1 aromatic carbocycles. The lowest BCUT2D eigenvalue weighted by atomic mass is 10.1. The van der Waals surface area contributed by atoms with Crippen molar-refractivity contribution >= 4 is 11.8 Å². The largest absolute Gasteiger partial charge is 0.493 e. The molecule has 0 radical (unpaired) electrons. The zero-order chi connectivity index (χ0) is 18.5. The number of amides is 2. The average molecular weight is 357 g/mol. The maximum absolute atomic E-state index is 12.7. The van der Waals surface area contributed by atoms with Crippen molar-refractivity contribution in [3.63, 3.8) is 0 Å². The van der Waals surface area contributed by atoms with Gasteiger partial charge in [0, 0.05) is 44.6 Å². The van der Waals surface area contributed by atoms with Crippen LogP contribution in [0.2, 0.25) is 0 Å². The fourth-order valence-corrected chi connectivity index (χ4v) is 3.05. The smallest absolute Gasteiger partial charge is 0.248 e. The summed E-state index contributed by atoms with van der Waals surface area (Å²) in [5, 5.41) is 3.32. The van der Waals surface area contributed by atoms with E-state index in [1.54, 1.807) is 30.5 Å². The first-order valence-electron chi connectivity index (χ1n) is 8.56.